The van der Waals surface area contributed by atoms with Crippen molar-refractivity contribution in [3.8, 4) is 0 Å². The van der Waals surface area contributed by atoms with Crippen molar-refractivity contribution in [2.45, 2.75) is 80.1 Å². The zero-order valence-electron chi connectivity index (χ0n) is 17.7. The second-order valence-electron chi connectivity index (χ2n) is 8.73. The number of hydrogen-bond donors (Lipinski definition) is 1. The van der Waals surface area contributed by atoms with Crippen molar-refractivity contribution in [3.63, 3.8) is 0 Å². The van der Waals surface area contributed by atoms with E-state index in [2.05, 4.69) is 52.8 Å². The molecule has 1 aliphatic rings. The Morgan fingerprint density at radius 2 is 1.88 bits per heavy atom. The Kier molecular flexibility index (Phi) is 8.82. The molecule has 0 fully saturated rings. The highest BCUT2D eigenvalue weighted by molar-refractivity contribution is 5.78. The summed E-state index contributed by atoms with van der Waals surface area (Å²) in [7, 11) is 0. The van der Waals surface area contributed by atoms with Crippen molar-refractivity contribution in [2.75, 3.05) is 13.2 Å². The van der Waals surface area contributed by atoms with E-state index in [0.717, 1.165) is 38.5 Å². The third kappa shape index (κ3) is 6.42. The molecule has 0 radical (unpaired) electrons. The average Bonchev–Trinajstić information content (AvgIpc) is 2.55. The standard InChI is InChI=1S/C23H38O3/c1-18(2)9-7-10-19(3)11-8-12-20-13-14-22(4,5)23(6,17-20)21(25)26-16-15-24/h9,11,13,24H,7-8,10,12,14-17H2,1-6H3. The van der Waals surface area contributed by atoms with Gasteiger partial charge in [-0.05, 0) is 71.6 Å². The number of carbonyl (C=O) groups is 1. The van der Waals surface area contributed by atoms with Gasteiger partial charge in [0.15, 0.2) is 0 Å². The summed E-state index contributed by atoms with van der Waals surface area (Å²) in [5.74, 6) is -0.185. The van der Waals surface area contributed by atoms with Gasteiger partial charge in [-0.1, -0.05) is 48.8 Å². The summed E-state index contributed by atoms with van der Waals surface area (Å²) in [4.78, 5) is 12.6. The summed E-state index contributed by atoms with van der Waals surface area (Å²) in [5.41, 5.74) is 3.48. The smallest absolute Gasteiger partial charge is 0.312 e. The van der Waals surface area contributed by atoms with E-state index >= 15 is 0 Å². The number of rotatable bonds is 9. The first kappa shape index (κ1) is 22.7. The van der Waals surface area contributed by atoms with Gasteiger partial charge < -0.3 is 9.84 Å². The molecular formula is C23H38O3. The molecule has 0 saturated heterocycles. The number of aliphatic hydroxyl groups is 1. The molecule has 3 nitrogen and oxygen atoms in total. The molecule has 148 valence electrons. The monoisotopic (exact) mass is 362 g/mol. The molecule has 1 rings (SSSR count). The van der Waals surface area contributed by atoms with E-state index in [0.29, 0.717) is 0 Å². The van der Waals surface area contributed by atoms with Crippen LogP contribution in [0.3, 0.4) is 0 Å². The maximum atomic E-state index is 12.6. The maximum Gasteiger partial charge on any atom is 0.312 e. The molecule has 0 spiro atoms. The lowest BCUT2D eigenvalue weighted by Gasteiger charge is -2.45. The molecule has 1 atom stereocenters. The first-order valence-electron chi connectivity index (χ1n) is 9.87. The van der Waals surface area contributed by atoms with Crippen molar-refractivity contribution >= 4 is 5.97 Å². The molecule has 26 heavy (non-hydrogen) atoms. The molecule has 0 aromatic carbocycles. The van der Waals surface area contributed by atoms with Crippen LogP contribution in [0.1, 0.15) is 80.1 Å². The Hall–Kier alpha value is -1.35. The minimum absolute atomic E-state index is 0.0805. The lowest BCUT2D eigenvalue weighted by atomic mass is 9.59. The normalized spacial score (nSPS) is 22.6. The van der Waals surface area contributed by atoms with Crippen LogP contribution in [0.25, 0.3) is 0 Å². The predicted octanol–water partition coefficient (Wildman–Crippen LogP) is 5.75. The number of ether oxygens (including phenoxy) is 1. The molecule has 0 aromatic rings. The van der Waals surface area contributed by atoms with E-state index in [-0.39, 0.29) is 24.6 Å². The van der Waals surface area contributed by atoms with E-state index in [4.69, 9.17) is 9.84 Å². The highest BCUT2D eigenvalue weighted by Gasteiger charge is 2.49. The van der Waals surface area contributed by atoms with E-state index in [1.165, 1.54) is 16.7 Å². The lowest BCUT2D eigenvalue weighted by Crippen LogP contribution is -2.45. The fourth-order valence-corrected chi connectivity index (χ4v) is 3.42. The Morgan fingerprint density at radius 3 is 2.50 bits per heavy atom. The summed E-state index contributed by atoms with van der Waals surface area (Å²) in [6.07, 6.45) is 12.8. The average molecular weight is 363 g/mol. The number of aliphatic hydroxyl groups excluding tert-OH is 1. The molecule has 1 N–H and O–H groups in total. The van der Waals surface area contributed by atoms with Gasteiger partial charge in [0.2, 0.25) is 0 Å². The van der Waals surface area contributed by atoms with Crippen molar-refractivity contribution in [1.82, 2.24) is 0 Å². The molecule has 0 amide bonds. The second kappa shape index (κ2) is 10.1. The van der Waals surface area contributed by atoms with Crippen molar-refractivity contribution in [1.29, 1.82) is 0 Å². The van der Waals surface area contributed by atoms with Crippen LogP contribution in [0.5, 0.6) is 0 Å². The maximum absolute atomic E-state index is 12.6. The van der Waals surface area contributed by atoms with Gasteiger partial charge in [0.25, 0.3) is 0 Å². The molecule has 0 aromatic heterocycles. The summed E-state index contributed by atoms with van der Waals surface area (Å²) >= 11 is 0. The van der Waals surface area contributed by atoms with E-state index < -0.39 is 5.41 Å². The van der Waals surface area contributed by atoms with Crippen LogP contribution in [0.15, 0.2) is 34.9 Å². The van der Waals surface area contributed by atoms with Crippen LogP contribution in [0.2, 0.25) is 0 Å². The van der Waals surface area contributed by atoms with Crippen molar-refractivity contribution in [2.24, 2.45) is 10.8 Å². The quantitative estimate of drug-likeness (QED) is 0.420. The van der Waals surface area contributed by atoms with Gasteiger partial charge in [0.05, 0.1) is 12.0 Å². The molecule has 0 bridgehead atoms. The highest BCUT2D eigenvalue weighted by Crippen LogP contribution is 2.51. The van der Waals surface area contributed by atoms with Gasteiger partial charge in [-0.3, -0.25) is 4.79 Å². The third-order valence-electron chi connectivity index (χ3n) is 5.80. The molecule has 0 aliphatic heterocycles. The Bertz CT molecular complexity index is 562. The minimum Gasteiger partial charge on any atom is -0.463 e. The van der Waals surface area contributed by atoms with Crippen molar-refractivity contribution in [3.05, 3.63) is 34.9 Å². The van der Waals surface area contributed by atoms with Crippen LogP contribution in [0.4, 0.5) is 0 Å². The van der Waals surface area contributed by atoms with Gasteiger partial charge in [-0.15, -0.1) is 0 Å². The SMILES string of the molecule is CC(C)=CCCC(C)=CCCC1=CCC(C)(C)C(C)(C(=O)OCCO)C1. The lowest BCUT2D eigenvalue weighted by molar-refractivity contribution is -0.164. The third-order valence-corrected chi connectivity index (χ3v) is 5.80. The number of allylic oxidation sites excluding steroid dienone is 6. The van der Waals surface area contributed by atoms with Gasteiger partial charge in [0.1, 0.15) is 6.61 Å². The Balaban J connectivity index is 2.65. The van der Waals surface area contributed by atoms with E-state index in [1.54, 1.807) is 0 Å². The molecule has 0 heterocycles. The number of esters is 1. The molecular weight excluding hydrogens is 324 g/mol. The first-order valence-corrected chi connectivity index (χ1v) is 9.87. The summed E-state index contributed by atoms with van der Waals surface area (Å²) in [6, 6.07) is 0. The summed E-state index contributed by atoms with van der Waals surface area (Å²) in [6.45, 7) is 12.7. The molecule has 1 unspecified atom stereocenters. The van der Waals surface area contributed by atoms with Crippen LogP contribution in [-0.2, 0) is 9.53 Å². The molecule has 1 aliphatic carbocycles. The fraction of sp³-hybridized carbons (Fsp3) is 0.696. The second-order valence-corrected chi connectivity index (χ2v) is 8.73. The predicted molar refractivity (Wildman–Crippen MR) is 109 cm³/mol. The molecule has 0 saturated carbocycles. The van der Waals surface area contributed by atoms with Crippen LogP contribution >= 0.6 is 0 Å². The highest BCUT2D eigenvalue weighted by atomic mass is 16.5. The first-order chi connectivity index (χ1) is 12.1. The minimum atomic E-state index is -0.533. The van der Waals surface area contributed by atoms with Gasteiger partial charge >= 0.3 is 5.97 Å². The van der Waals surface area contributed by atoms with Gasteiger partial charge in [-0.25, -0.2) is 0 Å². The van der Waals surface area contributed by atoms with Crippen LogP contribution in [-0.4, -0.2) is 24.3 Å². The van der Waals surface area contributed by atoms with E-state index in [1.807, 2.05) is 6.92 Å². The van der Waals surface area contributed by atoms with E-state index in [9.17, 15) is 4.79 Å². The molecule has 3 heteroatoms. The number of hydrogen-bond acceptors (Lipinski definition) is 3. The largest absolute Gasteiger partial charge is 0.463 e. The zero-order valence-corrected chi connectivity index (χ0v) is 17.7. The van der Waals surface area contributed by atoms with Gasteiger partial charge in [-0.2, -0.15) is 0 Å². The van der Waals surface area contributed by atoms with Crippen molar-refractivity contribution < 1.29 is 14.6 Å². The summed E-state index contributed by atoms with van der Waals surface area (Å²) < 4.78 is 5.29. The Labute approximate surface area is 160 Å². The summed E-state index contributed by atoms with van der Waals surface area (Å²) in [5, 5.41) is 8.94. The van der Waals surface area contributed by atoms with Crippen LogP contribution in [0, 0.1) is 10.8 Å². The van der Waals surface area contributed by atoms with Crippen LogP contribution < -0.4 is 0 Å². The van der Waals surface area contributed by atoms with Gasteiger partial charge in [0, 0.05) is 0 Å². The fourth-order valence-electron chi connectivity index (χ4n) is 3.42. The Morgan fingerprint density at radius 1 is 1.19 bits per heavy atom. The topological polar surface area (TPSA) is 46.5 Å². The number of carbonyl (C=O) groups excluding carboxylic acids is 1. The zero-order chi connectivity index (χ0) is 19.8.